The van der Waals surface area contributed by atoms with E-state index in [2.05, 4.69) is 67.7 Å². The first-order chi connectivity index (χ1) is 24.4. The molecule has 3 atom stereocenters. The van der Waals surface area contributed by atoms with Crippen molar-refractivity contribution in [3.8, 4) is 32.0 Å². The minimum absolute atomic E-state index is 0.0284. The number of amides is 3. The molecule has 0 spiro atoms. The van der Waals surface area contributed by atoms with Crippen LogP contribution in [0.5, 0.6) is 0 Å². The highest BCUT2D eigenvalue weighted by Crippen LogP contribution is 2.40. The summed E-state index contributed by atoms with van der Waals surface area (Å²) in [4.78, 5) is 54.7. The lowest BCUT2D eigenvalue weighted by molar-refractivity contribution is -0.137. The van der Waals surface area contributed by atoms with Gasteiger partial charge in [-0.05, 0) is 73.6 Å². The second-order valence-electron chi connectivity index (χ2n) is 13.9. The highest BCUT2D eigenvalue weighted by atomic mass is 32.1. The quantitative estimate of drug-likeness (QED) is 0.150. The van der Waals surface area contributed by atoms with Crippen molar-refractivity contribution in [2.45, 2.75) is 103 Å². The maximum absolute atomic E-state index is 13.6. The van der Waals surface area contributed by atoms with Crippen molar-refractivity contribution in [3.63, 3.8) is 0 Å². The zero-order valence-electron chi connectivity index (χ0n) is 29.1. The Morgan fingerprint density at radius 2 is 1.26 bits per heavy atom. The Morgan fingerprint density at radius 3 is 1.78 bits per heavy atom. The first-order valence-corrected chi connectivity index (χ1v) is 20.1. The third-order valence-corrected chi connectivity index (χ3v) is 12.6. The molecule has 0 radical (unpaired) electrons. The topological polar surface area (TPSA) is 95.5 Å². The normalized spacial score (nSPS) is 19.6. The lowest BCUT2D eigenvalue weighted by atomic mass is 10.0. The minimum atomic E-state index is -0.455. The minimum Gasteiger partial charge on any atom is -0.344 e. The van der Waals surface area contributed by atoms with Gasteiger partial charge in [0.15, 0.2) is 0 Å². The fourth-order valence-corrected chi connectivity index (χ4v) is 9.41. The van der Waals surface area contributed by atoms with Crippen LogP contribution < -0.4 is 5.32 Å². The SMILES string of the molecule is CCCCC(=O)N1CCC[C@H]1c1ncc(-c2ccc(-c3ccc(-c4cnc([C@@H]5CCCN5C(=O)[C@@H](CCC)NC(=O)C5CC5)s4)cc3)cc2)s1. The molecule has 10 heteroatoms. The molecule has 4 aromatic rings. The molecule has 0 unspecified atom stereocenters. The smallest absolute Gasteiger partial charge is 0.245 e. The summed E-state index contributed by atoms with van der Waals surface area (Å²) in [5.74, 6) is 0.405. The number of rotatable bonds is 13. The van der Waals surface area contributed by atoms with Crippen LogP contribution in [0.3, 0.4) is 0 Å². The molecule has 3 aliphatic rings. The second kappa shape index (κ2) is 15.6. The molecule has 2 aromatic carbocycles. The summed E-state index contributed by atoms with van der Waals surface area (Å²) in [5.41, 5.74) is 4.54. The number of hydrogen-bond donors (Lipinski definition) is 1. The first kappa shape index (κ1) is 34.6. The number of hydrogen-bond acceptors (Lipinski definition) is 7. The van der Waals surface area contributed by atoms with Gasteiger partial charge in [-0.25, -0.2) is 9.97 Å². The van der Waals surface area contributed by atoms with Crippen LogP contribution in [0.1, 0.15) is 107 Å². The third-order valence-electron chi connectivity index (χ3n) is 10.3. The number of benzene rings is 2. The van der Waals surface area contributed by atoms with Crippen LogP contribution in [-0.4, -0.2) is 56.6 Å². The van der Waals surface area contributed by atoms with E-state index in [1.165, 1.54) is 0 Å². The fourth-order valence-electron chi connectivity index (χ4n) is 7.27. The monoisotopic (exact) mass is 709 g/mol. The predicted octanol–water partition coefficient (Wildman–Crippen LogP) is 8.81. The van der Waals surface area contributed by atoms with E-state index in [1.807, 2.05) is 22.2 Å². The van der Waals surface area contributed by atoms with Gasteiger partial charge in [0.05, 0.1) is 21.8 Å². The van der Waals surface area contributed by atoms with E-state index in [4.69, 9.17) is 9.97 Å². The maximum atomic E-state index is 13.6. The highest BCUT2D eigenvalue weighted by molar-refractivity contribution is 7.15. The van der Waals surface area contributed by atoms with E-state index in [9.17, 15) is 14.4 Å². The van der Waals surface area contributed by atoms with Gasteiger partial charge in [-0.1, -0.05) is 75.2 Å². The summed E-state index contributed by atoms with van der Waals surface area (Å²) in [6, 6.07) is 16.8. The number of likely N-dealkylation sites (tertiary alicyclic amines) is 2. The molecule has 262 valence electrons. The van der Waals surface area contributed by atoms with Crippen LogP contribution in [0.2, 0.25) is 0 Å². The van der Waals surface area contributed by atoms with Gasteiger partial charge in [-0.2, -0.15) is 0 Å². The number of carbonyl (C=O) groups excluding carboxylic acids is 3. The molecule has 4 heterocycles. The largest absolute Gasteiger partial charge is 0.344 e. The van der Waals surface area contributed by atoms with E-state index >= 15 is 0 Å². The first-order valence-electron chi connectivity index (χ1n) is 18.5. The molecule has 2 aromatic heterocycles. The molecule has 2 saturated heterocycles. The number of nitrogens with one attached hydrogen (secondary N) is 1. The molecular weight excluding hydrogens is 663 g/mol. The van der Waals surface area contributed by atoms with E-state index in [0.717, 1.165) is 106 Å². The van der Waals surface area contributed by atoms with Crippen LogP contribution in [0.15, 0.2) is 60.9 Å². The van der Waals surface area contributed by atoms with Crippen LogP contribution in [0.25, 0.3) is 32.0 Å². The lowest BCUT2D eigenvalue weighted by Crippen LogP contribution is -2.48. The van der Waals surface area contributed by atoms with Crippen LogP contribution in [0.4, 0.5) is 0 Å². The average Bonchev–Trinajstić information content (AvgIpc) is 3.59. The van der Waals surface area contributed by atoms with Crippen LogP contribution in [0, 0.1) is 5.92 Å². The summed E-state index contributed by atoms with van der Waals surface area (Å²) in [6.45, 7) is 5.72. The summed E-state index contributed by atoms with van der Waals surface area (Å²) in [5, 5.41) is 5.05. The van der Waals surface area contributed by atoms with Crippen LogP contribution >= 0.6 is 22.7 Å². The van der Waals surface area contributed by atoms with Gasteiger partial charge < -0.3 is 15.1 Å². The Kier molecular flexibility index (Phi) is 10.8. The Labute approximate surface area is 303 Å². The van der Waals surface area contributed by atoms with Crippen molar-refractivity contribution >= 4 is 40.4 Å². The standard InChI is InChI=1S/C40H47N5O3S2/c1-3-5-11-36(46)44-22-6-9-32(44)38-41-24-34(49-38)28-16-12-26(13-17-28)27-14-18-29(19-15-27)35-25-42-39(50-35)33-10-7-23-45(33)40(48)31(8-4-2)43-37(47)30-20-21-30/h12-19,24-25,30-33H,3-11,20-23H2,1-2H3,(H,43,47)/t31-,32+,33+/m1/s1. The molecule has 1 N–H and O–H groups in total. The summed E-state index contributed by atoms with van der Waals surface area (Å²) in [7, 11) is 0. The van der Waals surface area contributed by atoms with Gasteiger partial charge >= 0.3 is 0 Å². The molecule has 8 nitrogen and oxygen atoms in total. The molecule has 50 heavy (non-hydrogen) atoms. The molecular formula is C40H47N5O3S2. The number of thiazole rings is 2. The van der Waals surface area contributed by atoms with E-state index in [1.54, 1.807) is 22.7 Å². The van der Waals surface area contributed by atoms with Gasteiger partial charge in [0.25, 0.3) is 0 Å². The molecule has 1 saturated carbocycles. The van der Waals surface area contributed by atoms with Gasteiger partial charge in [0, 0.05) is 37.8 Å². The van der Waals surface area contributed by atoms with E-state index < -0.39 is 6.04 Å². The maximum Gasteiger partial charge on any atom is 0.245 e. The number of nitrogens with zero attached hydrogens (tertiary/aromatic N) is 4. The van der Waals surface area contributed by atoms with Crippen molar-refractivity contribution in [1.82, 2.24) is 25.1 Å². The van der Waals surface area contributed by atoms with E-state index in [0.29, 0.717) is 19.4 Å². The van der Waals surface area contributed by atoms with Crippen molar-refractivity contribution in [3.05, 3.63) is 70.9 Å². The highest BCUT2D eigenvalue weighted by Gasteiger charge is 2.38. The molecule has 3 fully saturated rings. The molecule has 1 aliphatic carbocycles. The Hall–Kier alpha value is -3.89. The molecule has 7 rings (SSSR count). The van der Waals surface area contributed by atoms with Gasteiger partial charge in [-0.3, -0.25) is 14.4 Å². The molecule has 2 aliphatic heterocycles. The fraction of sp³-hybridized carbons (Fsp3) is 0.475. The number of aromatic nitrogens is 2. The number of unbranched alkanes of at least 4 members (excludes halogenated alkanes) is 1. The Balaban J connectivity index is 0.991. The van der Waals surface area contributed by atoms with Gasteiger partial charge in [-0.15, -0.1) is 22.7 Å². The summed E-state index contributed by atoms with van der Waals surface area (Å²) in [6.07, 6.45) is 13.7. The van der Waals surface area contributed by atoms with Crippen molar-refractivity contribution in [2.75, 3.05) is 13.1 Å². The Bertz CT molecular complexity index is 1800. The Morgan fingerprint density at radius 1 is 0.740 bits per heavy atom. The van der Waals surface area contributed by atoms with Crippen molar-refractivity contribution in [2.24, 2.45) is 5.92 Å². The van der Waals surface area contributed by atoms with E-state index in [-0.39, 0.29) is 35.7 Å². The average molecular weight is 710 g/mol. The third kappa shape index (κ3) is 7.56. The predicted molar refractivity (Wildman–Crippen MR) is 201 cm³/mol. The van der Waals surface area contributed by atoms with Crippen molar-refractivity contribution in [1.29, 1.82) is 0 Å². The summed E-state index contributed by atoms with van der Waals surface area (Å²) < 4.78 is 0. The zero-order chi connectivity index (χ0) is 34.6. The van der Waals surface area contributed by atoms with Crippen molar-refractivity contribution < 1.29 is 14.4 Å². The zero-order valence-corrected chi connectivity index (χ0v) is 30.7. The van der Waals surface area contributed by atoms with Gasteiger partial charge in [0.1, 0.15) is 16.1 Å². The van der Waals surface area contributed by atoms with Gasteiger partial charge in [0.2, 0.25) is 17.7 Å². The number of carbonyl (C=O) groups is 3. The lowest BCUT2D eigenvalue weighted by Gasteiger charge is -2.28. The second-order valence-corrected chi connectivity index (χ2v) is 16.1. The molecule has 3 amide bonds. The molecule has 0 bridgehead atoms. The summed E-state index contributed by atoms with van der Waals surface area (Å²) >= 11 is 3.36. The van der Waals surface area contributed by atoms with Crippen LogP contribution in [-0.2, 0) is 14.4 Å².